The van der Waals surface area contributed by atoms with Gasteiger partial charge in [0.15, 0.2) is 0 Å². The minimum Gasteiger partial charge on any atom is -0.493 e. The van der Waals surface area contributed by atoms with Crippen molar-refractivity contribution in [2.45, 2.75) is 49.1 Å². The van der Waals surface area contributed by atoms with E-state index in [-0.39, 0.29) is 12.1 Å². The highest BCUT2D eigenvalue weighted by molar-refractivity contribution is 7.89. The van der Waals surface area contributed by atoms with Crippen LogP contribution in [-0.2, 0) is 21.2 Å². The molecule has 0 aromatic heterocycles. The fourth-order valence-corrected chi connectivity index (χ4v) is 5.53. The molecule has 2 aliphatic heterocycles. The fraction of sp³-hybridized carbons (Fsp3) is 0.625. The number of morpholine rings is 1. The highest BCUT2D eigenvalue weighted by atomic mass is 32.2. The summed E-state index contributed by atoms with van der Waals surface area (Å²) in [6.45, 7) is 1.59. The van der Waals surface area contributed by atoms with E-state index in [1.807, 2.05) is 0 Å². The van der Waals surface area contributed by atoms with Crippen LogP contribution in [0.25, 0.3) is 0 Å². The van der Waals surface area contributed by atoms with Crippen molar-refractivity contribution >= 4 is 10.0 Å². The van der Waals surface area contributed by atoms with Crippen molar-refractivity contribution in [3.63, 3.8) is 0 Å². The van der Waals surface area contributed by atoms with Crippen LogP contribution in [0.2, 0.25) is 0 Å². The van der Waals surface area contributed by atoms with Gasteiger partial charge in [0.1, 0.15) is 5.75 Å². The molecule has 2 atom stereocenters. The van der Waals surface area contributed by atoms with E-state index in [1.165, 1.54) is 0 Å². The molecule has 1 saturated heterocycles. The molecule has 0 unspecified atom stereocenters. The highest BCUT2D eigenvalue weighted by Crippen LogP contribution is 2.34. The van der Waals surface area contributed by atoms with Gasteiger partial charge in [-0.05, 0) is 36.6 Å². The molecule has 22 heavy (non-hydrogen) atoms. The quantitative estimate of drug-likeness (QED) is 0.835. The molecule has 1 aromatic carbocycles. The lowest BCUT2D eigenvalue weighted by Gasteiger charge is -2.42. The van der Waals surface area contributed by atoms with Crippen molar-refractivity contribution in [2.75, 3.05) is 19.8 Å². The molecule has 0 radical (unpaired) electrons. The van der Waals surface area contributed by atoms with Gasteiger partial charge in [-0.2, -0.15) is 4.31 Å². The Kier molecular flexibility index (Phi) is 3.63. The first kappa shape index (κ1) is 14.5. The van der Waals surface area contributed by atoms with Crippen molar-refractivity contribution in [3.8, 4) is 5.75 Å². The molecule has 4 rings (SSSR count). The SMILES string of the molecule is O=S(=O)(c1ccc2c(c1)CCO2)N1CCO[C@H]2CCCC[C@H]21. The standard InChI is InChI=1S/C16H21NO4S/c18-22(19,13-5-6-15-12(11-13)7-9-20-15)17-8-10-21-16-4-2-1-3-14(16)17/h5-6,11,14,16H,1-4,7-10H2/t14-,16+/m1/s1. The van der Waals surface area contributed by atoms with Crippen molar-refractivity contribution in [1.82, 2.24) is 4.31 Å². The van der Waals surface area contributed by atoms with Gasteiger partial charge >= 0.3 is 0 Å². The topological polar surface area (TPSA) is 55.8 Å². The molecule has 0 bridgehead atoms. The van der Waals surface area contributed by atoms with Gasteiger partial charge in [0.25, 0.3) is 0 Å². The van der Waals surface area contributed by atoms with E-state index in [9.17, 15) is 8.42 Å². The van der Waals surface area contributed by atoms with Crippen molar-refractivity contribution < 1.29 is 17.9 Å². The second-order valence-corrected chi connectivity index (χ2v) is 8.14. The van der Waals surface area contributed by atoms with Crippen LogP contribution < -0.4 is 4.74 Å². The molecule has 1 aliphatic carbocycles. The maximum Gasteiger partial charge on any atom is 0.243 e. The number of hydrogen-bond donors (Lipinski definition) is 0. The second kappa shape index (κ2) is 5.51. The average molecular weight is 323 g/mol. The monoisotopic (exact) mass is 323 g/mol. The van der Waals surface area contributed by atoms with E-state index in [4.69, 9.17) is 9.47 Å². The molecule has 1 saturated carbocycles. The largest absolute Gasteiger partial charge is 0.493 e. The zero-order valence-corrected chi connectivity index (χ0v) is 13.3. The first-order valence-electron chi connectivity index (χ1n) is 8.05. The molecule has 120 valence electrons. The van der Waals surface area contributed by atoms with Gasteiger partial charge in [0.2, 0.25) is 10.0 Å². The van der Waals surface area contributed by atoms with Crippen molar-refractivity contribution in [3.05, 3.63) is 23.8 Å². The van der Waals surface area contributed by atoms with E-state index >= 15 is 0 Å². The van der Waals surface area contributed by atoms with Crippen LogP contribution in [0.15, 0.2) is 23.1 Å². The molecular weight excluding hydrogens is 302 g/mol. The fourth-order valence-electron chi connectivity index (χ4n) is 3.82. The molecule has 1 aromatic rings. The lowest BCUT2D eigenvalue weighted by atomic mass is 9.91. The maximum absolute atomic E-state index is 13.1. The van der Waals surface area contributed by atoms with Crippen LogP contribution in [0.4, 0.5) is 0 Å². The van der Waals surface area contributed by atoms with E-state index < -0.39 is 10.0 Å². The Balaban J connectivity index is 1.67. The molecule has 2 heterocycles. The first-order chi connectivity index (χ1) is 10.7. The summed E-state index contributed by atoms with van der Waals surface area (Å²) < 4.78 is 39.1. The minimum atomic E-state index is -3.46. The van der Waals surface area contributed by atoms with E-state index in [0.717, 1.165) is 43.4 Å². The predicted molar refractivity (Wildman–Crippen MR) is 81.5 cm³/mol. The molecule has 3 aliphatic rings. The third-order valence-corrected chi connectivity index (χ3v) is 6.87. The Labute approximate surface area is 131 Å². The van der Waals surface area contributed by atoms with E-state index in [1.54, 1.807) is 22.5 Å². The van der Waals surface area contributed by atoms with Gasteiger partial charge in [-0.15, -0.1) is 0 Å². The van der Waals surface area contributed by atoms with Gasteiger partial charge < -0.3 is 9.47 Å². The second-order valence-electron chi connectivity index (χ2n) is 6.24. The molecule has 0 spiro atoms. The van der Waals surface area contributed by atoms with Crippen LogP contribution in [0, 0.1) is 0 Å². The zero-order valence-electron chi connectivity index (χ0n) is 12.5. The summed E-state index contributed by atoms with van der Waals surface area (Å²) in [6.07, 6.45) is 4.93. The van der Waals surface area contributed by atoms with E-state index in [2.05, 4.69) is 0 Å². The third kappa shape index (κ3) is 2.33. The Hall–Kier alpha value is -1.11. The lowest BCUT2D eigenvalue weighted by molar-refractivity contribution is -0.0586. The van der Waals surface area contributed by atoms with Crippen molar-refractivity contribution in [2.24, 2.45) is 0 Å². The average Bonchev–Trinajstić information content (AvgIpc) is 3.02. The summed E-state index contributed by atoms with van der Waals surface area (Å²) in [4.78, 5) is 0.392. The Morgan fingerprint density at radius 2 is 2.00 bits per heavy atom. The summed E-state index contributed by atoms with van der Waals surface area (Å²) >= 11 is 0. The maximum atomic E-state index is 13.1. The molecule has 2 fully saturated rings. The van der Waals surface area contributed by atoms with Crippen molar-refractivity contribution in [1.29, 1.82) is 0 Å². The number of sulfonamides is 1. The Morgan fingerprint density at radius 1 is 1.14 bits per heavy atom. The van der Waals surface area contributed by atoms with Crippen LogP contribution in [0.3, 0.4) is 0 Å². The number of nitrogens with zero attached hydrogens (tertiary/aromatic N) is 1. The molecule has 5 nitrogen and oxygen atoms in total. The van der Waals surface area contributed by atoms with E-state index in [0.29, 0.717) is 24.7 Å². The Morgan fingerprint density at radius 3 is 2.91 bits per heavy atom. The lowest BCUT2D eigenvalue weighted by Crippen LogP contribution is -2.54. The number of benzene rings is 1. The normalized spacial score (nSPS) is 28.7. The minimum absolute atomic E-state index is 0.00277. The molecular formula is C16H21NO4S. The first-order valence-corrected chi connectivity index (χ1v) is 9.49. The predicted octanol–water partition coefficient (Wildman–Crippen LogP) is 1.95. The summed E-state index contributed by atoms with van der Waals surface area (Å²) in [5, 5.41) is 0. The highest BCUT2D eigenvalue weighted by Gasteiger charge is 2.41. The number of fused-ring (bicyclic) bond motifs is 2. The number of ether oxygens (including phenoxy) is 2. The van der Waals surface area contributed by atoms with Gasteiger partial charge in [-0.3, -0.25) is 0 Å². The summed E-state index contributed by atoms with van der Waals surface area (Å²) in [6, 6.07) is 5.24. The number of rotatable bonds is 2. The van der Waals surface area contributed by atoms with Crippen LogP contribution in [0.5, 0.6) is 5.75 Å². The van der Waals surface area contributed by atoms with Crippen LogP contribution in [0.1, 0.15) is 31.2 Å². The van der Waals surface area contributed by atoms with Gasteiger partial charge in [0, 0.05) is 13.0 Å². The van der Waals surface area contributed by atoms with Gasteiger partial charge in [0.05, 0.1) is 30.3 Å². The van der Waals surface area contributed by atoms with Gasteiger partial charge in [-0.1, -0.05) is 12.8 Å². The smallest absolute Gasteiger partial charge is 0.243 e. The van der Waals surface area contributed by atoms with Gasteiger partial charge in [-0.25, -0.2) is 8.42 Å². The van der Waals surface area contributed by atoms with Crippen LogP contribution >= 0.6 is 0 Å². The molecule has 6 heteroatoms. The molecule has 0 N–H and O–H groups in total. The summed E-state index contributed by atoms with van der Waals surface area (Å²) in [5.74, 6) is 0.816. The number of hydrogen-bond acceptors (Lipinski definition) is 4. The summed E-state index contributed by atoms with van der Waals surface area (Å²) in [7, 11) is -3.46. The zero-order chi connectivity index (χ0) is 15.2. The van der Waals surface area contributed by atoms with Crippen LogP contribution in [-0.4, -0.2) is 44.6 Å². The third-order valence-electron chi connectivity index (χ3n) is 4.95. The Bertz CT molecular complexity index is 671. The molecule has 0 amide bonds. The summed E-state index contributed by atoms with van der Waals surface area (Å²) in [5.41, 5.74) is 0.995.